The van der Waals surface area contributed by atoms with Crippen molar-refractivity contribution in [3.8, 4) is 0 Å². The minimum Gasteiger partial charge on any atom is -0.344 e. The van der Waals surface area contributed by atoms with Crippen LogP contribution in [-0.4, -0.2) is 25.7 Å². The van der Waals surface area contributed by atoms with Crippen LogP contribution in [0.2, 0.25) is 0 Å². The van der Waals surface area contributed by atoms with Gasteiger partial charge in [-0.2, -0.15) is 5.10 Å². The first-order valence-corrected chi connectivity index (χ1v) is 8.89. The van der Waals surface area contributed by atoms with Crippen molar-refractivity contribution in [3.05, 3.63) is 35.7 Å². The van der Waals surface area contributed by atoms with E-state index in [-0.39, 0.29) is 11.9 Å². The summed E-state index contributed by atoms with van der Waals surface area (Å²) in [6, 6.07) is 1.70. The summed E-state index contributed by atoms with van der Waals surface area (Å²) < 4.78 is 1.71. The van der Waals surface area contributed by atoms with Gasteiger partial charge in [0.25, 0.3) is 5.91 Å². The van der Waals surface area contributed by atoms with Crippen molar-refractivity contribution in [2.24, 2.45) is 5.92 Å². The minimum atomic E-state index is -0.0878. The van der Waals surface area contributed by atoms with Crippen molar-refractivity contribution in [1.82, 2.24) is 25.1 Å². The molecule has 0 radical (unpaired) electrons. The van der Waals surface area contributed by atoms with Gasteiger partial charge in [-0.25, -0.2) is 4.98 Å². The maximum Gasteiger partial charge on any atom is 0.270 e. The second-order valence-electron chi connectivity index (χ2n) is 6.43. The predicted molar refractivity (Wildman–Crippen MR) is 94.7 cm³/mol. The van der Waals surface area contributed by atoms with Crippen LogP contribution in [0, 0.1) is 12.8 Å². The number of aromatic amines is 1. The van der Waals surface area contributed by atoms with E-state index in [0.29, 0.717) is 18.2 Å². The summed E-state index contributed by atoms with van der Waals surface area (Å²) in [6.45, 7) is 9.07. The molecule has 0 aliphatic carbocycles. The number of H-pyrrole nitrogens is 1. The van der Waals surface area contributed by atoms with Gasteiger partial charge in [-0.05, 0) is 32.3 Å². The molecule has 24 heavy (non-hydrogen) atoms. The van der Waals surface area contributed by atoms with Crippen molar-refractivity contribution in [3.63, 3.8) is 0 Å². The molecule has 1 amide bonds. The molecule has 0 aromatic carbocycles. The first-order valence-electron chi connectivity index (χ1n) is 8.89. The average Bonchev–Trinajstić information content (AvgIpc) is 3.22. The topological polar surface area (TPSA) is 75.6 Å². The van der Waals surface area contributed by atoms with E-state index in [9.17, 15) is 4.79 Å². The van der Waals surface area contributed by atoms with Crippen LogP contribution >= 0.6 is 0 Å². The third-order valence-corrected chi connectivity index (χ3v) is 4.54. The fourth-order valence-electron chi connectivity index (χ4n) is 2.81. The average molecular weight is 331 g/mol. The number of nitrogens with zero attached hydrogens (tertiary/aromatic N) is 3. The Morgan fingerprint density at radius 1 is 1.38 bits per heavy atom. The molecule has 2 aromatic rings. The lowest BCUT2D eigenvalue weighted by Crippen LogP contribution is -2.30. The molecular formula is C18H29N5O. The predicted octanol–water partition coefficient (Wildman–Crippen LogP) is 3.62. The second kappa shape index (κ2) is 8.66. The quantitative estimate of drug-likeness (QED) is 0.737. The Balaban J connectivity index is 2.06. The van der Waals surface area contributed by atoms with Gasteiger partial charge in [-0.15, -0.1) is 0 Å². The largest absolute Gasteiger partial charge is 0.344 e. The van der Waals surface area contributed by atoms with Crippen molar-refractivity contribution < 1.29 is 4.79 Å². The Morgan fingerprint density at radius 3 is 2.79 bits per heavy atom. The Labute approximate surface area is 144 Å². The van der Waals surface area contributed by atoms with Crippen LogP contribution in [-0.2, 0) is 6.54 Å². The van der Waals surface area contributed by atoms with Gasteiger partial charge in [-0.3, -0.25) is 9.48 Å². The molecule has 0 fully saturated rings. The molecule has 2 aromatic heterocycles. The molecular weight excluding hydrogens is 302 g/mol. The highest BCUT2D eigenvalue weighted by atomic mass is 16.2. The number of aryl methyl sites for hydroxylation is 2. The standard InChI is InChI=1S/C18H29N5O/c1-5-13(3)8-7-9-15(16-12-19-14(4)21-16)22-18(24)17-10-11-20-23(17)6-2/h10-13,15H,5-9H2,1-4H3,(H,19,21)(H,22,24). The normalized spacial score (nSPS) is 13.7. The molecule has 2 atom stereocenters. The van der Waals surface area contributed by atoms with Gasteiger partial charge in [0.15, 0.2) is 0 Å². The lowest BCUT2D eigenvalue weighted by atomic mass is 9.98. The van der Waals surface area contributed by atoms with E-state index in [0.717, 1.165) is 24.4 Å². The van der Waals surface area contributed by atoms with Crippen molar-refractivity contribution >= 4 is 5.91 Å². The Morgan fingerprint density at radius 2 is 2.17 bits per heavy atom. The summed E-state index contributed by atoms with van der Waals surface area (Å²) in [5.74, 6) is 1.49. The van der Waals surface area contributed by atoms with Crippen molar-refractivity contribution in [2.75, 3.05) is 0 Å². The molecule has 6 heteroatoms. The molecule has 0 bridgehead atoms. The van der Waals surface area contributed by atoms with E-state index in [4.69, 9.17) is 0 Å². The van der Waals surface area contributed by atoms with Crippen LogP contribution < -0.4 is 5.32 Å². The number of nitrogens with one attached hydrogen (secondary N) is 2. The molecule has 0 spiro atoms. The van der Waals surface area contributed by atoms with E-state index in [1.807, 2.05) is 20.0 Å². The first-order chi connectivity index (χ1) is 11.5. The Kier molecular flexibility index (Phi) is 6.58. The van der Waals surface area contributed by atoms with Gasteiger partial charge < -0.3 is 10.3 Å². The molecule has 2 heterocycles. The van der Waals surface area contributed by atoms with Crippen LogP contribution in [0.25, 0.3) is 0 Å². The minimum absolute atomic E-state index is 0.0528. The smallest absolute Gasteiger partial charge is 0.270 e. The zero-order chi connectivity index (χ0) is 17.5. The third kappa shape index (κ3) is 4.69. The number of carbonyl (C=O) groups is 1. The Hall–Kier alpha value is -2.11. The molecule has 2 N–H and O–H groups in total. The van der Waals surface area contributed by atoms with Crippen molar-refractivity contribution in [1.29, 1.82) is 0 Å². The lowest BCUT2D eigenvalue weighted by molar-refractivity contribution is 0.0922. The molecule has 6 nitrogen and oxygen atoms in total. The molecule has 0 saturated heterocycles. The number of hydrogen-bond donors (Lipinski definition) is 2. The number of rotatable bonds is 9. The molecule has 0 aliphatic heterocycles. The van der Waals surface area contributed by atoms with Gasteiger partial charge in [0, 0.05) is 12.7 Å². The van der Waals surface area contributed by atoms with E-state index in [1.54, 1.807) is 16.9 Å². The molecule has 0 aliphatic rings. The van der Waals surface area contributed by atoms with Crippen molar-refractivity contribution in [2.45, 2.75) is 66.0 Å². The van der Waals surface area contributed by atoms with Crippen LogP contribution in [0.3, 0.4) is 0 Å². The van der Waals surface area contributed by atoms with Gasteiger partial charge >= 0.3 is 0 Å². The zero-order valence-electron chi connectivity index (χ0n) is 15.2. The van der Waals surface area contributed by atoms with Crippen LogP contribution in [0.15, 0.2) is 18.5 Å². The third-order valence-electron chi connectivity index (χ3n) is 4.54. The summed E-state index contributed by atoms with van der Waals surface area (Å²) in [6.07, 6.45) is 7.82. The fourth-order valence-corrected chi connectivity index (χ4v) is 2.81. The lowest BCUT2D eigenvalue weighted by Gasteiger charge is -2.18. The maximum absolute atomic E-state index is 12.6. The summed E-state index contributed by atoms with van der Waals surface area (Å²) in [4.78, 5) is 20.2. The highest BCUT2D eigenvalue weighted by Gasteiger charge is 2.19. The highest BCUT2D eigenvalue weighted by molar-refractivity contribution is 5.92. The summed E-state index contributed by atoms with van der Waals surface area (Å²) in [7, 11) is 0. The second-order valence-corrected chi connectivity index (χ2v) is 6.43. The number of carbonyl (C=O) groups excluding carboxylic acids is 1. The first kappa shape index (κ1) is 18.2. The van der Waals surface area contributed by atoms with Crippen LogP contribution in [0.1, 0.15) is 74.5 Å². The molecule has 2 rings (SSSR count). The summed E-state index contributed by atoms with van der Waals surface area (Å²) in [5, 5.41) is 7.32. The van der Waals surface area contributed by atoms with E-state index >= 15 is 0 Å². The van der Waals surface area contributed by atoms with E-state index in [1.165, 1.54) is 12.8 Å². The SMILES string of the molecule is CCC(C)CCCC(NC(=O)c1ccnn1CC)c1cnc(C)[nH]1. The van der Waals surface area contributed by atoms with Gasteiger partial charge in [0.05, 0.1) is 17.9 Å². The monoisotopic (exact) mass is 331 g/mol. The number of hydrogen-bond acceptors (Lipinski definition) is 3. The summed E-state index contributed by atoms with van der Waals surface area (Å²) in [5.41, 5.74) is 1.56. The molecule has 0 saturated carbocycles. The number of amides is 1. The molecule has 2 unspecified atom stereocenters. The number of imidazole rings is 1. The summed E-state index contributed by atoms with van der Waals surface area (Å²) >= 11 is 0. The van der Waals surface area contributed by atoms with Gasteiger partial charge in [-0.1, -0.05) is 33.1 Å². The maximum atomic E-state index is 12.6. The Bertz CT molecular complexity index is 645. The van der Waals surface area contributed by atoms with Gasteiger partial charge in [0.2, 0.25) is 0 Å². The van der Waals surface area contributed by atoms with E-state index in [2.05, 4.69) is 34.2 Å². The number of aromatic nitrogens is 4. The molecule has 132 valence electrons. The zero-order valence-corrected chi connectivity index (χ0v) is 15.2. The highest BCUT2D eigenvalue weighted by Crippen LogP contribution is 2.21. The fraction of sp³-hybridized carbons (Fsp3) is 0.611. The van der Waals surface area contributed by atoms with Crippen LogP contribution in [0.4, 0.5) is 0 Å². The van der Waals surface area contributed by atoms with E-state index < -0.39 is 0 Å². The van der Waals surface area contributed by atoms with Crippen LogP contribution in [0.5, 0.6) is 0 Å². The van der Waals surface area contributed by atoms with Gasteiger partial charge in [0.1, 0.15) is 11.5 Å².